The number of carbonyl (C=O) groups excluding carboxylic acids is 1. The van der Waals surface area contributed by atoms with Crippen molar-refractivity contribution >= 4 is 21.8 Å². The number of rotatable bonds is 8. The Hall–Kier alpha value is -1.07. The maximum absolute atomic E-state index is 11.7. The van der Waals surface area contributed by atoms with Crippen molar-refractivity contribution in [1.82, 2.24) is 10.6 Å². The first-order valence-electron chi connectivity index (χ1n) is 7.62. The monoisotopic (exact) mass is 352 g/mol. The molecular formula is C16H21BrN2O2. The van der Waals surface area contributed by atoms with Crippen LogP contribution in [-0.4, -0.2) is 25.1 Å². The first kappa shape index (κ1) is 14.9. The van der Waals surface area contributed by atoms with Gasteiger partial charge >= 0.3 is 0 Å². The molecule has 1 aromatic rings. The Morgan fingerprint density at radius 1 is 1.29 bits per heavy atom. The fraction of sp³-hybridized carbons (Fsp3) is 0.562. The van der Waals surface area contributed by atoms with Crippen LogP contribution in [0.3, 0.4) is 0 Å². The minimum atomic E-state index is -0.0394. The summed E-state index contributed by atoms with van der Waals surface area (Å²) in [6.07, 6.45) is 5.03. The summed E-state index contributed by atoms with van der Waals surface area (Å²) in [5.41, 5.74) is 1.16. The van der Waals surface area contributed by atoms with Gasteiger partial charge in [-0.2, -0.15) is 0 Å². The fourth-order valence-electron chi connectivity index (χ4n) is 2.10. The number of hydrogen-bond acceptors (Lipinski definition) is 3. The first-order valence-corrected chi connectivity index (χ1v) is 8.41. The molecule has 1 aromatic carbocycles. The molecule has 0 aliphatic heterocycles. The predicted octanol–water partition coefficient (Wildman–Crippen LogP) is 2.61. The molecule has 2 aliphatic rings. The molecule has 114 valence electrons. The van der Waals surface area contributed by atoms with Gasteiger partial charge in [0.2, 0.25) is 0 Å². The average molecular weight is 353 g/mol. The molecule has 0 aromatic heterocycles. The summed E-state index contributed by atoms with van der Waals surface area (Å²) >= 11 is 3.55. The van der Waals surface area contributed by atoms with Gasteiger partial charge in [0.15, 0.2) is 6.61 Å². The predicted molar refractivity (Wildman–Crippen MR) is 85.2 cm³/mol. The van der Waals surface area contributed by atoms with Crippen molar-refractivity contribution in [3.63, 3.8) is 0 Å². The summed E-state index contributed by atoms with van der Waals surface area (Å²) in [4.78, 5) is 11.7. The van der Waals surface area contributed by atoms with E-state index in [1.54, 1.807) is 0 Å². The standard InChI is InChI=1S/C16H21BrN2O2/c17-15-6-5-14(7-12(15)9-18-13-3-4-13)21-10-16(20)19-8-11-1-2-11/h5-7,11,13,18H,1-4,8-10H2,(H,19,20). The number of amides is 1. The Bertz CT molecular complexity index is 513. The van der Waals surface area contributed by atoms with Crippen molar-refractivity contribution < 1.29 is 9.53 Å². The average Bonchev–Trinajstić information content (AvgIpc) is 3.37. The molecule has 5 heteroatoms. The third kappa shape index (κ3) is 5.00. The first-order chi connectivity index (χ1) is 10.2. The summed E-state index contributed by atoms with van der Waals surface area (Å²) < 4.78 is 6.65. The molecule has 2 N–H and O–H groups in total. The van der Waals surface area contributed by atoms with E-state index in [1.165, 1.54) is 25.7 Å². The topological polar surface area (TPSA) is 50.4 Å². The molecule has 21 heavy (non-hydrogen) atoms. The van der Waals surface area contributed by atoms with Gasteiger partial charge in [-0.3, -0.25) is 4.79 Å². The molecule has 2 saturated carbocycles. The van der Waals surface area contributed by atoms with E-state index in [0.29, 0.717) is 12.0 Å². The zero-order valence-electron chi connectivity index (χ0n) is 12.0. The van der Waals surface area contributed by atoms with Gasteiger partial charge in [0, 0.05) is 23.6 Å². The van der Waals surface area contributed by atoms with Crippen molar-refractivity contribution in [2.75, 3.05) is 13.2 Å². The van der Waals surface area contributed by atoms with Gasteiger partial charge in [0.1, 0.15) is 5.75 Å². The van der Waals surface area contributed by atoms with Crippen molar-refractivity contribution in [3.05, 3.63) is 28.2 Å². The zero-order valence-corrected chi connectivity index (χ0v) is 13.6. The van der Waals surface area contributed by atoms with Gasteiger partial charge < -0.3 is 15.4 Å². The quantitative estimate of drug-likeness (QED) is 0.755. The number of hydrogen-bond donors (Lipinski definition) is 2. The van der Waals surface area contributed by atoms with Crippen molar-refractivity contribution in [3.8, 4) is 5.75 Å². The van der Waals surface area contributed by atoms with Crippen LogP contribution >= 0.6 is 15.9 Å². The molecule has 3 rings (SSSR count). The van der Waals surface area contributed by atoms with Crippen LogP contribution in [0.25, 0.3) is 0 Å². The highest BCUT2D eigenvalue weighted by molar-refractivity contribution is 9.10. The minimum Gasteiger partial charge on any atom is -0.484 e. The van der Waals surface area contributed by atoms with E-state index >= 15 is 0 Å². The van der Waals surface area contributed by atoms with Crippen LogP contribution in [0, 0.1) is 5.92 Å². The summed E-state index contributed by atoms with van der Waals surface area (Å²) in [7, 11) is 0. The summed E-state index contributed by atoms with van der Waals surface area (Å²) in [5.74, 6) is 1.40. The second-order valence-electron chi connectivity index (χ2n) is 5.94. The van der Waals surface area contributed by atoms with Crippen molar-refractivity contribution in [2.24, 2.45) is 5.92 Å². The molecule has 0 atom stereocenters. The van der Waals surface area contributed by atoms with Gasteiger partial charge in [0.25, 0.3) is 5.91 Å². The van der Waals surface area contributed by atoms with E-state index in [9.17, 15) is 4.79 Å². The minimum absolute atomic E-state index is 0.0394. The Labute approximate surface area is 133 Å². The Balaban J connectivity index is 1.46. The SMILES string of the molecule is O=C(COc1ccc(Br)c(CNC2CC2)c1)NCC1CC1. The van der Waals surface area contributed by atoms with Crippen molar-refractivity contribution in [1.29, 1.82) is 0 Å². The van der Waals surface area contributed by atoms with E-state index in [2.05, 4.69) is 26.6 Å². The Morgan fingerprint density at radius 3 is 2.81 bits per heavy atom. The van der Waals surface area contributed by atoms with E-state index in [0.717, 1.165) is 28.9 Å². The molecule has 0 radical (unpaired) electrons. The molecule has 0 spiro atoms. The Kier molecular flexibility index (Phi) is 4.80. The second kappa shape index (κ2) is 6.79. The molecule has 0 saturated heterocycles. The Morgan fingerprint density at radius 2 is 2.10 bits per heavy atom. The highest BCUT2D eigenvalue weighted by atomic mass is 79.9. The number of nitrogens with one attached hydrogen (secondary N) is 2. The maximum atomic E-state index is 11.7. The molecule has 2 fully saturated rings. The van der Waals surface area contributed by atoms with E-state index in [4.69, 9.17) is 4.74 Å². The van der Waals surface area contributed by atoms with Crippen LogP contribution in [0.1, 0.15) is 31.2 Å². The van der Waals surface area contributed by atoms with Crippen LogP contribution in [0.15, 0.2) is 22.7 Å². The third-order valence-corrected chi connectivity index (χ3v) is 4.60. The molecule has 1 amide bonds. The normalized spacial score (nSPS) is 17.6. The van der Waals surface area contributed by atoms with Gasteiger partial charge in [0.05, 0.1) is 0 Å². The molecule has 0 unspecified atom stereocenters. The van der Waals surface area contributed by atoms with Crippen LogP contribution < -0.4 is 15.4 Å². The van der Waals surface area contributed by atoms with Gasteiger partial charge in [-0.15, -0.1) is 0 Å². The largest absolute Gasteiger partial charge is 0.484 e. The number of carbonyl (C=O) groups is 1. The number of benzene rings is 1. The maximum Gasteiger partial charge on any atom is 0.257 e. The smallest absolute Gasteiger partial charge is 0.257 e. The molecule has 0 bridgehead atoms. The highest BCUT2D eigenvalue weighted by Crippen LogP contribution is 2.27. The summed E-state index contributed by atoms with van der Waals surface area (Å²) in [6, 6.07) is 6.53. The van der Waals surface area contributed by atoms with Crippen LogP contribution in [0.4, 0.5) is 0 Å². The van der Waals surface area contributed by atoms with Gasteiger partial charge in [-0.1, -0.05) is 15.9 Å². The number of ether oxygens (including phenoxy) is 1. The lowest BCUT2D eigenvalue weighted by Crippen LogP contribution is -2.30. The summed E-state index contributed by atoms with van der Waals surface area (Å²) in [6.45, 7) is 1.71. The van der Waals surface area contributed by atoms with E-state index in [-0.39, 0.29) is 12.5 Å². The molecule has 4 nitrogen and oxygen atoms in total. The molecule has 0 heterocycles. The van der Waals surface area contributed by atoms with Gasteiger partial charge in [-0.05, 0) is 55.4 Å². The van der Waals surface area contributed by atoms with Crippen molar-refractivity contribution in [2.45, 2.75) is 38.3 Å². The fourth-order valence-corrected chi connectivity index (χ4v) is 2.48. The van der Waals surface area contributed by atoms with E-state index in [1.807, 2.05) is 18.2 Å². The highest BCUT2D eigenvalue weighted by Gasteiger charge is 2.22. The van der Waals surface area contributed by atoms with Gasteiger partial charge in [-0.25, -0.2) is 0 Å². The van der Waals surface area contributed by atoms with Crippen LogP contribution in [0.2, 0.25) is 0 Å². The number of halogens is 1. The lowest BCUT2D eigenvalue weighted by Gasteiger charge is -2.10. The lowest BCUT2D eigenvalue weighted by molar-refractivity contribution is -0.123. The molecular weight excluding hydrogens is 332 g/mol. The van der Waals surface area contributed by atoms with Crippen LogP contribution in [-0.2, 0) is 11.3 Å². The lowest BCUT2D eigenvalue weighted by atomic mass is 10.2. The molecule has 2 aliphatic carbocycles. The zero-order chi connectivity index (χ0) is 14.7. The van der Waals surface area contributed by atoms with Crippen LogP contribution in [0.5, 0.6) is 5.75 Å². The second-order valence-corrected chi connectivity index (χ2v) is 6.80. The summed E-state index contributed by atoms with van der Waals surface area (Å²) in [5, 5.41) is 6.38. The van der Waals surface area contributed by atoms with E-state index < -0.39 is 0 Å². The third-order valence-electron chi connectivity index (χ3n) is 3.83.